The summed E-state index contributed by atoms with van der Waals surface area (Å²) in [5.74, 6) is 1.47. The van der Waals surface area contributed by atoms with Crippen molar-refractivity contribution in [1.29, 1.82) is 0 Å². The summed E-state index contributed by atoms with van der Waals surface area (Å²) in [6.45, 7) is 4.40. The van der Waals surface area contributed by atoms with E-state index in [0.29, 0.717) is 5.92 Å². The number of H-pyrrole nitrogens is 1. The van der Waals surface area contributed by atoms with E-state index in [1.54, 1.807) is 6.07 Å². The minimum atomic E-state index is 0.224. The van der Waals surface area contributed by atoms with Crippen LogP contribution in [0.15, 0.2) is 97.1 Å². The Morgan fingerprint density at radius 2 is 1.54 bits per heavy atom. The fraction of sp³-hybridized carbons (Fsp3) is 0.0968. The first kappa shape index (κ1) is 21.1. The smallest absolute Gasteiger partial charge is 0.138 e. The number of nitrogens with one attached hydrogen (secondary N) is 1. The molecule has 0 fully saturated rings. The first-order valence-corrected chi connectivity index (χ1v) is 11.9. The average molecular weight is 456 g/mol. The highest BCUT2D eigenvalue weighted by molar-refractivity contribution is 5.98. The second-order valence-corrected chi connectivity index (χ2v) is 9.19. The highest BCUT2D eigenvalue weighted by Gasteiger charge is 2.15. The second-order valence-electron chi connectivity index (χ2n) is 9.19. The molecule has 35 heavy (non-hydrogen) atoms. The number of phenolic OH excluding ortho intramolecular Hbond substituents is 1. The number of fused-ring (bicyclic) bond motifs is 2. The molecule has 2 aromatic heterocycles. The molecule has 0 spiro atoms. The first-order chi connectivity index (χ1) is 17.1. The third-order valence-electron chi connectivity index (χ3n) is 6.50. The summed E-state index contributed by atoms with van der Waals surface area (Å²) in [7, 11) is 0. The third kappa shape index (κ3) is 3.83. The second kappa shape index (κ2) is 8.41. The molecule has 0 aliphatic rings. The number of benzene rings is 4. The van der Waals surface area contributed by atoms with E-state index >= 15 is 0 Å². The van der Waals surface area contributed by atoms with Gasteiger partial charge in [-0.1, -0.05) is 74.5 Å². The van der Waals surface area contributed by atoms with Gasteiger partial charge in [-0.3, -0.25) is 0 Å². The molecule has 0 aliphatic carbocycles. The van der Waals surface area contributed by atoms with E-state index in [-0.39, 0.29) is 5.75 Å². The molecule has 2 heterocycles. The van der Waals surface area contributed by atoms with Crippen molar-refractivity contribution in [3.63, 3.8) is 0 Å². The summed E-state index contributed by atoms with van der Waals surface area (Å²) in [5, 5.41) is 12.8. The van der Waals surface area contributed by atoms with Gasteiger partial charge >= 0.3 is 0 Å². The molecule has 0 bridgehead atoms. The standard InChI is InChI=1S/C31H25N3O/c1-19(2)20-14-15-24-23(16-20)18-28(32-30(24)25-10-3-6-13-29(25)35)21-8-7-9-22(17-21)31-33-26-11-4-5-12-27(26)34-31/h3-19,35H,1-2H3,(H,33,34). The quantitative estimate of drug-likeness (QED) is 0.284. The van der Waals surface area contributed by atoms with Gasteiger partial charge in [-0.05, 0) is 53.3 Å². The Labute approximate surface area is 204 Å². The molecule has 6 rings (SSSR count). The maximum absolute atomic E-state index is 10.6. The van der Waals surface area contributed by atoms with Crippen LogP contribution in [-0.4, -0.2) is 20.1 Å². The number of rotatable bonds is 4. The highest BCUT2D eigenvalue weighted by atomic mass is 16.3. The number of aromatic hydroxyl groups is 1. The lowest BCUT2D eigenvalue weighted by Crippen LogP contribution is -1.94. The zero-order valence-corrected chi connectivity index (χ0v) is 19.7. The van der Waals surface area contributed by atoms with Crippen molar-refractivity contribution in [2.75, 3.05) is 0 Å². The van der Waals surface area contributed by atoms with E-state index in [1.165, 1.54) is 5.56 Å². The van der Waals surface area contributed by atoms with Crippen LogP contribution in [0.1, 0.15) is 25.3 Å². The third-order valence-corrected chi connectivity index (χ3v) is 6.50. The predicted molar refractivity (Wildman–Crippen MR) is 143 cm³/mol. The van der Waals surface area contributed by atoms with Crippen LogP contribution in [0, 0.1) is 0 Å². The van der Waals surface area contributed by atoms with E-state index in [2.05, 4.69) is 61.3 Å². The molecule has 0 radical (unpaired) electrons. The molecular formula is C31H25N3O. The molecule has 6 aromatic rings. The van der Waals surface area contributed by atoms with Crippen molar-refractivity contribution >= 4 is 21.8 Å². The summed E-state index contributed by atoms with van der Waals surface area (Å²) < 4.78 is 0. The van der Waals surface area contributed by atoms with Crippen LogP contribution in [-0.2, 0) is 0 Å². The van der Waals surface area contributed by atoms with Gasteiger partial charge in [0.25, 0.3) is 0 Å². The lowest BCUT2D eigenvalue weighted by Gasteiger charge is -2.14. The first-order valence-electron chi connectivity index (χ1n) is 11.9. The maximum atomic E-state index is 10.6. The van der Waals surface area contributed by atoms with Crippen LogP contribution < -0.4 is 0 Å². The molecule has 0 unspecified atom stereocenters. The maximum Gasteiger partial charge on any atom is 0.138 e. The Bertz CT molecular complexity index is 1660. The Balaban J connectivity index is 1.55. The lowest BCUT2D eigenvalue weighted by atomic mass is 9.95. The minimum absolute atomic E-state index is 0.224. The van der Waals surface area contributed by atoms with Gasteiger partial charge in [-0.25, -0.2) is 9.97 Å². The minimum Gasteiger partial charge on any atom is -0.507 e. The summed E-state index contributed by atoms with van der Waals surface area (Å²) >= 11 is 0. The van der Waals surface area contributed by atoms with Crippen molar-refractivity contribution in [2.24, 2.45) is 0 Å². The summed E-state index contributed by atoms with van der Waals surface area (Å²) in [6, 6.07) is 32.4. The van der Waals surface area contributed by atoms with Gasteiger partial charge in [0.15, 0.2) is 0 Å². The normalized spacial score (nSPS) is 11.5. The van der Waals surface area contributed by atoms with E-state index < -0.39 is 0 Å². The Hall–Kier alpha value is -4.44. The Morgan fingerprint density at radius 3 is 2.37 bits per heavy atom. The Kier molecular flexibility index (Phi) is 5.07. The number of nitrogens with zero attached hydrogens (tertiary/aromatic N) is 2. The van der Waals surface area contributed by atoms with Gasteiger partial charge in [-0.2, -0.15) is 0 Å². The number of aromatic nitrogens is 3. The molecule has 0 saturated carbocycles. The van der Waals surface area contributed by atoms with Crippen LogP contribution in [0.5, 0.6) is 5.75 Å². The molecule has 4 nitrogen and oxygen atoms in total. The number of phenols is 1. The molecule has 4 aromatic carbocycles. The summed E-state index contributed by atoms with van der Waals surface area (Å²) in [5.41, 5.74) is 7.59. The van der Waals surface area contributed by atoms with E-state index in [4.69, 9.17) is 9.97 Å². The fourth-order valence-corrected chi connectivity index (χ4v) is 4.58. The fourth-order valence-electron chi connectivity index (χ4n) is 4.58. The van der Waals surface area contributed by atoms with Crippen molar-refractivity contribution in [1.82, 2.24) is 15.0 Å². The molecule has 170 valence electrons. The van der Waals surface area contributed by atoms with Gasteiger partial charge in [0.05, 0.1) is 22.4 Å². The molecule has 0 aliphatic heterocycles. The van der Waals surface area contributed by atoms with Crippen molar-refractivity contribution in [3.05, 3.63) is 103 Å². The molecule has 0 amide bonds. The molecule has 2 N–H and O–H groups in total. The van der Waals surface area contributed by atoms with E-state index in [9.17, 15) is 5.11 Å². The number of para-hydroxylation sites is 3. The van der Waals surface area contributed by atoms with Gasteiger partial charge in [0, 0.05) is 22.1 Å². The van der Waals surface area contributed by atoms with Crippen LogP contribution in [0.25, 0.3) is 55.7 Å². The van der Waals surface area contributed by atoms with Gasteiger partial charge in [0.2, 0.25) is 0 Å². The number of hydrogen-bond acceptors (Lipinski definition) is 3. The molecule has 0 saturated heterocycles. The number of pyridine rings is 1. The van der Waals surface area contributed by atoms with Gasteiger partial charge < -0.3 is 10.1 Å². The number of aromatic amines is 1. The van der Waals surface area contributed by atoms with Crippen molar-refractivity contribution in [3.8, 4) is 39.7 Å². The number of imidazole rings is 1. The van der Waals surface area contributed by atoms with Crippen LogP contribution in [0.4, 0.5) is 0 Å². The molecular weight excluding hydrogens is 430 g/mol. The van der Waals surface area contributed by atoms with Crippen molar-refractivity contribution < 1.29 is 5.11 Å². The largest absolute Gasteiger partial charge is 0.507 e. The van der Waals surface area contributed by atoms with Crippen LogP contribution >= 0.6 is 0 Å². The summed E-state index contributed by atoms with van der Waals surface area (Å²) in [6.07, 6.45) is 0. The van der Waals surface area contributed by atoms with E-state index in [1.807, 2.05) is 48.5 Å². The topological polar surface area (TPSA) is 61.8 Å². The monoisotopic (exact) mass is 455 g/mol. The van der Waals surface area contributed by atoms with Crippen molar-refractivity contribution in [2.45, 2.75) is 19.8 Å². The number of hydrogen-bond donors (Lipinski definition) is 2. The predicted octanol–water partition coefficient (Wildman–Crippen LogP) is 7.94. The zero-order valence-electron chi connectivity index (χ0n) is 19.7. The highest BCUT2D eigenvalue weighted by Crippen LogP contribution is 2.37. The average Bonchev–Trinajstić information content (AvgIpc) is 3.33. The van der Waals surface area contributed by atoms with E-state index in [0.717, 1.165) is 55.7 Å². The lowest BCUT2D eigenvalue weighted by molar-refractivity contribution is 0.477. The molecule has 4 heteroatoms. The molecule has 0 atom stereocenters. The SMILES string of the molecule is CC(C)c1ccc2c(-c3ccccc3O)nc(-c3cccc(-c4nc5ccccc5[nH]4)c3)cc2c1. The summed E-state index contributed by atoms with van der Waals surface area (Å²) in [4.78, 5) is 13.3. The zero-order chi connectivity index (χ0) is 23.9. The Morgan fingerprint density at radius 1 is 0.743 bits per heavy atom. The van der Waals surface area contributed by atoms with Gasteiger partial charge in [0.1, 0.15) is 11.6 Å². The van der Waals surface area contributed by atoms with Crippen LogP contribution in [0.3, 0.4) is 0 Å². The van der Waals surface area contributed by atoms with Gasteiger partial charge in [-0.15, -0.1) is 0 Å². The van der Waals surface area contributed by atoms with Crippen LogP contribution in [0.2, 0.25) is 0 Å².